The first-order chi connectivity index (χ1) is 13.2. The number of hydrogen-bond donors (Lipinski definition) is 1. The zero-order valence-corrected chi connectivity index (χ0v) is 16.7. The first-order valence-electron chi connectivity index (χ1n) is 10.4. The molecule has 0 radical (unpaired) electrons. The van der Waals surface area contributed by atoms with Gasteiger partial charge < -0.3 is 15.1 Å². The van der Waals surface area contributed by atoms with Crippen LogP contribution in [0.5, 0.6) is 0 Å². The number of pyridine rings is 1. The van der Waals surface area contributed by atoms with Crippen LogP contribution in [0.4, 0.5) is 5.82 Å². The molecule has 3 aliphatic heterocycles. The molecule has 0 bridgehead atoms. The third-order valence-electron chi connectivity index (χ3n) is 6.08. The Bertz CT molecular complexity index is 708. The molecule has 0 unspecified atom stereocenters. The van der Waals surface area contributed by atoms with E-state index in [1.807, 2.05) is 12.3 Å². The Labute approximate surface area is 163 Å². The Balaban J connectivity index is 1.62. The van der Waals surface area contributed by atoms with Crippen molar-refractivity contribution in [1.29, 1.82) is 0 Å². The maximum atomic E-state index is 4.98. The second-order valence-corrected chi connectivity index (χ2v) is 7.81. The summed E-state index contributed by atoms with van der Waals surface area (Å²) in [6.07, 6.45) is 6.55. The number of piperidine rings is 1. The van der Waals surface area contributed by atoms with Crippen LogP contribution in [0.15, 0.2) is 29.9 Å². The summed E-state index contributed by atoms with van der Waals surface area (Å²) >= 11 is 0. The topological polar surface area (TPSA) is 47.0 Å². The van der Waals surface area contributed by atoms with Crippen molar-refractivity contribution in [2.24, 2.45) is 4.99 Å². The SMILES string of the molecule is C=C1c2cccnc2N=C(N2C[C@H](CC)N(C3CCNCC3)C2)N1CCC. The molecule has 4 heterocycles. The summed E-state index contributed by atoms with van der Waals surface area (Å²) < 4.78 is 0. The maximum absolute atomic E-state index is 4.98. The molecular weight excluding hydrogens is 336 g/mol. The minimum atomic E-state index is 0.595. The lowest BCUT2D eigenvalue weighted by molar-refractivity contribution is 0.138. The number of aliphatic imine (C=N–C) groups is 1. The largest absolute Gasteiger partial charge is 0.328 e. The van der Waals surface area contributed by atoms with E-state index in [2.05, 4.69) is 51.5 Å². The number of fused-ring (bicyclic) bond motifs is 1. The van der Waals surface area contributed by atoms with Crippen LogP contribution in [0.2, 0.25) is 0 Å². The third-order valence-corrected chi connectivity index (χ3v) is 6.08. The molecule has 0 saturated carbocycles. The normalized spacial score (nSPS) is 24.3. The van der Waals surface area contributed by atoms with Gasteiger partial charge in [0.15, 0.2) is 5.82 Å². The lowest BCUT2D eigenvalue weighted by atomic mass is 10.0. The first kappa shape index (κ1) is 18.4. The van der Waals surface area contributed by atoms with Gasteiger partial charge in [-0.15, -0.1) is 0 Å². The van der Waals surface area contributed by atoms with E-state index in [0.29, 0.717) is 12.1 Å². The molecule has 0 aromatic carbocycles. The summed E-state index contributed by atoms with van der Waals surface area (Å²) in [7, 11) is 0. The van der Waals surface area contributed by atoms with Crippen molar-refractivity contribution in [3.8, 4) is 0 Å². The van der Waals surface area contributed by atoms with E-state index in [0.717, 1.165) is 62.3 Å². The number of nitrogens with zero attached hydrogens (tertiary/aromatic N) is 5. The molecule has 1 N–H and O–H groups in total. The lowest BCUT2D eigenvalue weighted by Gasteiger charge is -2.37. The van der Waals surface area contributed by atoms with Crippen molar-refractivity contribution in [2.45, 2.75) is 51.6 Å². The molecule has 27 heavy (non-hydrogen) atoms. The average Bonchev–Trinajstić information content (AvgIpc) is 3.15. The average molecular weight is 369 g/mol. The minimum Gasteiger partial charge on any atom is -0.328 e. The number of nitrogens with one attached hydrogen (secondary N) is 1. The number of rotatable bonds is 4. The van der Waals surface area contributed by atoms with Gasteiger partial charge in [0.05, 0.1) is 6.67 Å². The van der Waals surface area contributed by atoms with Gasteiger partial charge in [0, 0.05) is 42.6 Å². The predicted molar refractivity (Wildman–Crippen MR) is 111 cm³/mol. The smallest absolute Gasteiger partial charge is 0.209 e. The monoisotopic (exact) mass is 368 g/mol. The van der Waals surface area contributed by atoms with E-state index in [1.54, 1.807) is 0 Å². The van der Waals surface area contributed by atoms with Gasteiger partial charge in [-0.3, -0.25) is 4.90 Å². The molecule has 146 valence electrons. The number of aromatic nitrogens is 1. The van der Waals surface area contributed by atoms with Crippen molar-refractivity contribution in [3.05, 3.63) is 30.5 Å². The maximum Gasteiger partial charge on any atom is 0.209 e. The van der Waals surface area contributed by atoms with E-state index in [4.69, 9.17) is 4.99 Å². The molecule has 1 aromatic rings. The molecule has 0 amide bonds. The number of hydrogen-bond acceptors (Lipinski definition) is 6. The zero-order chi connectivity index (χ0) is 18.8. The molecule has 0 aliphatic carbocycles. The Morgan fingerprint density at radius 2 is 2.07 bits per heavy atom. The van der Waals surface area contributed by atoms with Crippen molar-refractivity contribution in [3.63, 3.8) is 0 Å². The fraction of sp³-hybridized carbons (Fsp3) is 0.619. The van der Waals surface area contributed by atoms with Crippen LogP contribution in [0.25, 0.3) is 5.70 Å². The third kappa shape index (κ3) is 3.48. The van der Waals surface area contributed by atoms with Gasteiger partial charge in [-0.05, 0) is 50.9 Å². The van der Waals surface area contributed by atoms with Gasteiger partial charge in [0.25, 0.3) is 0 Å². The van der Waals surface area contributed by atoms with Crippen LogP contribution in [-0.4, -0.2) is 70.6 Å². The molecule has 1 aromatic heterocycles. The van der Waals surface area contributed by atoms with Crippen molar-refractivity contribution in [1.82, 2.24) is 25.0 Å². The summed E-state index contributed by atoms with van der Waals surface area (Å²) in [5.41, 5.74) is 2.08. The minimum absolute atomic E-state index is 0.595. The Hall–Kier alpha value is -1.92. The van der Waals surface area contributed by atoms with Crippen molar-refractivity contribution >= 4 is 17.5 Å². The van der Waals surface area contributed by atoms with E-state index < -0.39 is 0 Å². The van der Waals surface area contributed by atoms with E-state index in [9.17, 15) is 0 Å². The molecule has 6 nitrogen and oxygen atoms in total. The van der Waals surface area contributed by atoms with Gasteiger partial charge in [-0.1, -0.05) is 20.4 Å². The molecule has 3 aliphatic rings. The van der Waals surface area contributed by atoms with Crippen LogP contribution in [0.3, 0.4) is 0 Å². The quantitative estimate of drug-likeness (QED) is 0.885. The van der Waals surface area contributed by atoms with Crippen molar-refractivity contribution in [2.75, 3.05) is 32.8 Å². The van der Waals surface area contributed by atoms with Crippen LogP contribution in [0.1, 0.15) is 45.1 Å². The van der Waals surface area contributed by atoms with Gasteiger partial charge in [-0.25, -0.2) is 4.98 Å². The Morgan fingerprint density at radius 1 is 1.26 bits per heavy atom. The highest BCUT2D eigenvalue weighted by Crippen LogP contribution is 2.34. The van der Waals surface area contributed by atoms with E-state index in [1.165, 1.54) is 19.3 Å². The predicted octanol–water partition coefficient (Wildman–Crippen LogP) is 2.87. The second-order valence-electron chi connectivity index (χ2n) is 7.81. The molecule has 6 heteroatoms. The highest BCUT2D eigenvalue weighted by Gasteiger charge is 2.38. The summed E-state index contributed by atoms with van der Waals surface area (Å²) in [5.74, 6) is 1.83. The molecule has 1 atom stereocenters. The Kier molecular flexibility index (Phi) is 5.45. The highest BCUT2D eigenvalue weighted by molar-refractivity contribution is 5.95. The number of guanidine groups is 1. The Morgan fingerprint density at radius 3 is 2.81 bits per heavy atom. The molecule has 0 spiro atoms. The van der Waals surface area contributed by atoms with Gasteiger partial charge in [0.2, 0.25) is 5.96 Å². The van der Waals surface area contributed by atoms with E-state index >= 15 is 0 Å². The first-order valence-corrected chi connectivity index (χ1v) is 10.4. The van der Waals surface area contributed by atoms with Crippen LogP contribution in [0, 0.1) is 0 Å². The fourth-order valence-corrected chi connectivity index (χ4v) is 4.62. The van der Waals surface area contributed by atoms with Crippen molar-refractivity contribution < 1.29 is 0 Å². The zero-order valence-electron chi connectivity index (χ0n) is 16.7. The summed E-state index contributed by atoms with van der Waals surface area (Å²) in [6.45, 7) is 14.1. The summed E-state index contributed by atoms with van der Waals surface area (Å²) in [4.78, 5) is 17.0. The van der Waals surface area contributed by atoms with Crippen LogP contribution >= 0.6 is 0 Å². The van der Waals surface area contributed by atoms with Crippen LogP contribution < -0.4 is 5.32 Å². The highest BCUT2D eigenvalue weighted by atomic mass is 15.5. The molecule has 2 saturated heterocycles. The fourth-order valence-electron chi connectivity index (χ4n) is 4.62. The van der Waals surface area contributed by atoms with Gasteiger partial charge in [0.1, 0.15) is 0 Å². The lowest BCUT2D eigenvalue weighted by Crippen LogP contribution is -2.47. The van der Waals surface area contributed by atoms with E-state index in [-0.39, 0.29) is 0 Å². The van der Waals surface area contributed by atoms with Gasteiger partial charge >= 0.3 is 0 Å². The molecular formula is C21H32N6. The van der Waals surface area contributed by atoms with Gasteiger partial charge in [-0.2, -0.15) is 4.99 Å². The molecule has 4 rings (SSSR count). The molecule has 2 fully saturated rings. The second kappa shape index (κ2) is 7.98. The standard InChI is InChI=1S/C21H32N6/c1-4-13-26-16(3)19-7-6-10-23-20(19)24-21(26)25-14-17(5-2)27(15-25)18-8-11-22-12-9-18/h6-7,10,17-18,22H,3-5,8-9,11-15H2,1-2H3/t17-/m0/s1. The summed E-state index contributed by atoms with van der Waals surface area (Å²) in [6, 6.07) is 5.32. The van der Waals surface area contributed by atoms with Crippen LogP contribution in [-0.2, 0) is 0 Å². The summed E-state index contributed by atoms with van der Waals surface area (Å²) in [5, 5.41) is 3.49.